The second-order valence-electron chi connectivity index (χ2n) is 7.32. The molecule has 2 heterocycles. The maximum Gasteiger partial charge on any atom is 0.268 e. The van der Waals surface area contributed by atoms with Crippen molar-refractivity contribution in [3.05, 3.63) is 65.4 Å². The summed E-state index contributed by atoms with van der Waals surface area (Å²) in [4.78, 5) is 5.78. The smallest absolute Gasteiger partial charge is 0.268 e. The van der Waals surface area contributed by atoms with Gasteiger partial charge >= 0.3 is 0 Å². The van der Waals surface area contributed by atoms with Crippen molar-refractivity contribution in [1.29, 1.82) is 0 Å². The molecule has 0 aliphatic carbocycles. The van der Waals surface area contributed by atoms with E-state index in [1.165, 1.54) is 13.2 Å². The molecule has 0 saturated heterocycles. The molecule has 0 aliphatic rings. The molecule has 0 fully saturated rings. The number of benzene rings is 1. The number of anilines is 1. The second-order valence-corrected chi connectivity index (χ2v) is 7.32. The number of hydrogen-bond donors (Lipinski definition) is 1. The van der Waals surface area contributed by atoms with Gasteiger partial charge in [0.2, 0.25) is 5.95 Å². The van der Waals surface area contributed by atoms with Gasteiger partial charge in [-0.05, 0) is 67.8 Å². The maximum absolute atomic E-state index is 14.4. The van der Waals surface area contributed by atoms with E-state index in [-0.39, 0.29) is 6.61 Å². The molecule has 7 heteroatoms. The number of pyridine rings is 1. The fourth-order valence-corrected chi connectivity index (χ4v) is 3.44. The Balaban J connectivity index is 1.92. The van der Waals surface area contributed by atoms with Gasteiger partial charge in [0.1, 0.15) is 5.82 Å². The van der Waals surface area contributed by atoms with Crippen molar-refractivity contribution >= 4 is 5.82 Å². The Morgan fingerprint density at radius 3 is 2.47 bits per heavy atom. The Kier molecular flexibility index (Phi) is 6.87. The Hall–Kier alpha value is -2.74. The molecule has 2 aromatic heterocycles. The van der Waals surface area contributed by atoms with Crippen molar-refractivity contribution < 1.29 is 19.0 Å². The molecule has 0 bridgehead atoms. The van der Waals surface area contributed by atoms with Crippen LogP contribution in [-0.2, 0) is 9.47 Å². The number of methoxy groups -OCH3 is 1. The predicted octanol–water partition coefficient (Wildman–Crippen LogP) is 3.98. The first-order valence-electron chi connectivity index (χ1n) is 9.77. The normalized spacial score (nSPS) is 12.2. The Bertz CT molecular complexity index is 999. The summed E-state index contributed by atoms with van der Waals surface area (Å²) in [7, 11) is 3.14. The fraction of sp³-hybridized carbons (Fsp3) is 0.348. The minimum Gasteiger partial charge on any atom is -0.357 e. The summed E-state index contributed by atoms with van der Waals surface area (Å²) in [5, 5.41) is 9.31. The van der Waals surface area contributed by atoms with Crippen LogP contribution in [0, 0.1) is 26.7 Å². The van der Waals surface area contributed by atoms with Crippen LogP contribution in [0.5, 0.6) is 0 Å². The van der Waals surface area contributed by atoms with E-state index in [0.717, 1.165) is 33.8 Å². The number of aliphatic hydroxyl groups excluding tert-OH is 1. The molecule has 1 atom stereocenters. The molecule has 1 aromatic carbocycles. The number of likely N-dealkylation sites (N-methyl/N-ethyl adjacent to an activating group) is 1. The van der Waals surface area contributed by atoms with Gasteiger partial charge in [0.25, 0.3) is 6.48 Å². The molecule has 30 heavy (non-hydrogen) atoms. The first-order valence-corrected chi connectivity index (χ1v) is 9.77. The third-order valence-electron chi connectivity index (χ3n) is 5.12. The second kappa shape index (κ2) is 9.38. The van der Waals surface area contributed by atoms with Gasteiger partial charge in [0.15, 0.2) is 0 Å². The number of ether oxygens (including phenoxy) is 2. The van der Waals surface area contributed by atoms with Gasteiger partial charge in [0.05, 0.1) is 6.61 Å². The number of halogens is 1. The lowest BCUT2D eigenvalue weighted by atomic mass is 10.00. The summed E-state index contributed by atoms with van der Waals surface area (Å²) in [6, 6.07) is 13.7. The highest BCUT2D eigenvalue weighted by molar-refractivity contribution is 5.72. The quantitative estimate of drug-likeness (QED) is 0.447. The van der Waals surface area contributed by atoms with E-state index < -0.39 is 12.4 Å². The van der Waals surface area contributed by atoms with E-state index in [2.05, 4.69) is 52.4 Å². The molecule has 3 aromatic rings. The number of hydrogen-bond acceptors (Lipinski definition) is 5. The van der Waals surface area contributed by atoms with Gasteiger partial charge in [-0.25, -0.2) is 4.98 Å². The zero-order valence-corrected chi connectivity index (χ0v) is 18.0. The van der Waals surface area contributed by atoms with Crippen LogP contribution >= 0.6 is 0 Å². The summed E-state index contributed by atoms with van der Waals surface area (Å²) >= 11 is 0. The number of aliphatic hydroxyl groups is 1. The van der Waals surface area contributed by atoms with Crippen LogP contribution in [0.15, 0.2) is 42.5 Å². The number of aryl methyl sites for hydroxylation is 3. The SMILES string of the molecule is COC(O)OCCN(C)c1cc(-c2cc(-n3c(C)ccc3C)ccc2C)cc(F)n1. The van der Waals surface area contributed by atoms with E-state index in [4.69, 9.17) is 4.74 Å². The van der Waals surface area contributed by atoms with Crippen molar-refractivity contribution in [3.8, 4) is 16.8 Å². The molecule has 3 rings (SSSR count). The molecule has 1 N–H and O–H groups in total. The van der Waals surface area contributed by atoms with Crippen LogP contribution < -0.4 is 4.90 Å². The topological polar surface area (TPSA) is 59.8 Å². The molecule has 0 amide bonds. The van der Waals surface area contributed by atoms with Crippen molar-refractivity contribution in [2.75, 3.05) is 32.2 Å². The Labute approximate surface area is 176 Å². The standard InChI is InChI=1S/C23H28FN3O3/c1-15-6-9-19(27-16(2)7-8-17(27)3)14-20(15)18-12-21(24)25-22(13-18)26(4)10-11-30-23(28)29-5/h6-9,12-14,23,28H,10-11H2,1-5H3. The van der Waals surface area contributed by atoms with E-state index in [1.807, 2.05) is 19.1 Å². The summed E-state index contributed by atoms with van der Waals surface area (Å²) < 4.78 is 26.3. The highest BCUT2D eigenvalue weighted by Gasteiger charge is 2.13. The van der Waals surface area contributed by atoms with Crippen molar-refractivity contribution in [2.45, 2.75) is 27.2 Å². The molecule has 1 unspecified atom stereocenters. The molecule has 0 spiro atoms. The van der Waals surface area contributed by atoms with Gasteiger partial charge in [-0.3, -0.25) is 0 Å². The van der Waals surface area contributed by atoms with Crippen molar-refractivity contribution in [1.82, 2.24) is 9.55 Å². The van der Waals surface area contributed by atoms with Crippen LogP contribution in [0.1, 0.15) is 17.0 Å². The first kappa shape index (κ1) is 22.0. The van der Waals surface area contributed by atoms with Gasteiger partial charge in [-0.1, -0.05) is 6.07 Å². The molecule has 0 saturated carbocycles. The molecule has 6 nitrogen and oxygen atoms in total. The van der Waals surface area contributed by atoms with Gasteiger partial charge in [0, 0.05) is 43.8 Å². The van der Waals surface area contributed by atoms with Gasteiger partial charge < -0.3 is 24.0 Å². The average Bonchev–Trinajstić information content (AvgIpc) is 3.05. The largest absolute Gasteiger partial charge is 0.357 e. The van der Waals surface area contributed by atoms with Crippen LogP contribution in [0.2, 0.25) is 0 Å². The Morgan fingerprint density at radius 2 is 1.80 bits per heavy atom. The van der Waals surface area contributed by atoms with E-state index in [0.29, 0.717) is 12.4 Å². The van der Waals surface area contributed by atoms with Crippen LogP contribution in [0.4, 0.5) is 10.2 Å². The average molecular weight is 413 g/mol. The fourth-order valence-electron chi connectivity index (χ4n) is 3.44. The van der Waals surface area contributed by atoms with Crippen LogP contribution in [0.3, 0.4) is 0 Å². The summed E-state index contributed by atoms with van der Waals surface area (Å²) in [5.74, 6) is -0.0658. The Morgan fingerprint density at radius 1 is 1.10 bits per heavy atom. The maximum atomic E-state index is 14.4. The monoisotopic (exact) mass is 413 g/mol. The molecule has 0 radical (unpaired) electrons. The molecule has 0 aliphatic heterocycles. The van der Waals surface area contributed by atoms with E-state index >= 15 is 0 Å². The zero-order valence-electron chi connectivity index (χ0n) is 18.0. The molecule has 160 valence electrons. The lowest BCUT2D eigenvalue weighted by Crippen LogP contribution is -2.26. The summed E-state index contributed by atoms with van der Waals surface area (Å²) in [5.41, 5.74) is 6.06. The summed E-state index contributed by atoms with van der Waals surface area (Å²) in [6.45, 7) is 5.48. The van der Waals surface area contributed by atoms with Crippen molar-refractivity contribution in [3.63, 3.8) is 0 Å². The number of nitrogens with zero attached hydrogens (tertiary/aromatic N) is 3. The minimum atomic E-state index is -1.28. The van der Waals surface area contributed by atoms with E-state index in [9.17, 15) is 9.50 Å². The van der Waals surface area contributed by atoms with Crippen LogP contribution in [0.25, 0.3) is 16.8 Å². The number of aromatic nitrogens is 2. The molecular formula is C23H28FN3O3. The minimum absolute atomic E-state index is 0.208. The lowest BCUT2D eigenvalue weighted by molar-refractivity contribution is -0.248. The first-order chi connectivity index (χ1) is 14.3. The molecular weight excluding hydrogens is 385 g/mol. The summed E-state index contributed by atoms with van der Waals surface area (Å²) in [6.07, 6.45) is 0. The lowest BCUT2D eigenvalue weighted by Gasteiger charge is -2.20. The zero-order chi connectivity index (χ0) is 21.8. The van der Waals surface area contributed by atoms with Crippen LogP contribution in [-0.4, -0.2) is 48.4 Å². The highest BCUT2D eigenvalue weighted by Crippen LogP contribution is 2.30. The van der Waals surface area contributed by atoms with Gasteiger partial charge in [-0.2, -0.15) is 4.39 Å². The third-order valence-corrected chi connectivity index (χ3v) is 5.12. The van der Waals surface area contributed by atoms with E-state index in [1.54, 1.807) is 11.9 Å². The third kappa shape index (κ3) is 4.87. The predicted molar refractivity (Wildman–Crippen MR) is 115 cm³/mol. The highest BCUT2D eigenvalue weighted by atomic mass is 19.1. The van der Waals surface area contributed by atoms with Crippen molar-refractivity contribution in [2.24, 2.45) is 0 Å². The number of rotatable bonds is 8. The van der Waals surface area contributed by atoms with Gasteiger partial charge in [-0.15, -0.1) is 0 Å².